The van der Waals surface area contributed by atoms with E-state index < -0.39 is 9.84 Å². The van der Waals surface area contributed by atoms with E-state index in [-0.39, 0.29) is 10.8 Å². The molecule has 0 saturated carbocycles. The highest BCUT2D eigenvalue weighted by Gasteiger charge is 2.17. The van der Waals surface area contributed by atoms with Crippen LogP contribution in [0.25, 0.3) is 22.6 Å². The Hall–Kier alpha value is -4.82. The summed E-state index contributed by atoms with van der Waals surface area (Å²) in [6.45, 7) is 1.56. The predicted molar refractivity (Wildman–Crippen MR) is 130 cm³/mol. The molecular weight excluding hydrogens is 480 g/mol. The Bertz CT molecular complexity index is 1690. The van der Waals surface area contributed by atoms with Crippen LogP contribution < -0.4 is 9.47 Å². The second-order valence-electron chi connectivity index (χ2n) is 7.54. The summed E-state index contributed by atoms with van der Waals surface area (Å²) < 4.78 is 36.2. The van der Waals surface area contributed by atoms with Gasteiger partial charge in [-0.2, -0.15) is 5.26 Å². The SMILES string of the molecule is CCS(=O)(=O)c1ccc(Oc2cc(Oc3ccccc3C#N)c3nc(-c4cnccn4)[nH]c3c2)cn1. The van der Waals surface area contributed by atoms with Gasteiger partial charge < -0.3 is 14.5 Å². The minimum absolute atomic E-state index is 0.0212. The lowest BCUT2D eigenvalue weighted by Gasteiger charge is -2.11. The average Bonchev–Trinajstić information content (AvgIpc) is 3.34. The number of H-pyrrole nitrogens is 1. The lowest BCUT2D eigenvalue weighted by Crippen LogP contribution is -2.05. The molecule has 178 valence electrons. The van der Waals surface area contributed by atoms with Gasteiger partial charge in [0, 0.05) is 24.5 Å². The van der Waals surface area contributed by atoms with Crippen LogP contribution in [0.2, 0.25) is 0 Å². The second kappa shape index (κ2) is 9.44. The third kappa shape index (κ3) is 4.57. The minimum Gasteiger partial charge on any atom is -0.456 e. The van der Waals surface area contributed by atoms with Crippen LogP contribution in [-0.2, 0) is 9.84 Å². The molecule has 1 N–H and O–H groups in total. The van der Waals surface area contributed by atoms with E-state index in [1.165, 1.54) is 18.3 Å². The van der Waals surface area contributed by atoms with Crippen molar-refractivity contribution in [2.75, 3.05) is 5.75 Å². The van der Waals surface area contributed by atoms with Crippen molar-refractivity contribution >= 4 is 20.9 Å². The van der Waals surface area contributed by atoms with Crippen molar-refractivity contribution < 1.29 is 17.9 Å². The topological polar surface area (TPSA) is 144 Å². The highest BCUT2D eigenvalue weighted by molar-refractivity contribution is 7.91. The number of rotatable bonds is 7. The summed E-state index contributed by atoms with van der Waals surface area (Å²) in [7, 11) is -3.43. The number of hydrogen-bond acceptors (Lipinski definition) is 9. The highest BCUT2D eigenvalue weighted by atomic mass is 32.2. The number of hydrogen-bond donors (Lipinski definition) is 1. The third-order valence-electron chi connectivity index (χ3n) is 5.20. The number of pyridine rings is 1. The molecule has 5 rings (SSSR count). The Kier molecular flexibility index (Phi) is 6.02. The maximum Gasteiger partial charge on any atom is 0.195 e. The number of imidazole rings is 1. The van der Waals surface area contributed by atoms with Crippen LogP contribution in [0, 0.1) is 11.3 Å². The first-order valence-electron chi connectivity index (χ1n) is 10.8. The van der Waals surface area contributed by atoms with Gasteiger partial charge in [-0.25, -0.2) is 23.4 Å². The lowest BCUT2D eigenvalue weighted by atomic mass is 10.2. The standard InChI is InChI=1S/C25H18N6O4S/c1-2-36(32,33)23-8-7-17(14-29-23)34-18-11-19-24(31-25(30-19)20-15-27-9-10-28-20)22(12-18)35-21-6-4-3-5-16(21)13-26/h3-12,14-15H,2H2,1H3,(H,30,31). The van der Waals surface area contributed by atoms with Gasteiger partial charge in [0.15, 0.2) is 26.4 Å². The van der Waals surface area contributed by atoms with E-state index in [2.05, 4.69) is 31.0 Å². The van der Waals surface area contributed by atoms with Crippen molar-refractivity contribution in [1.29, 1.82) is 5.26 Å². The van der Waals surface area contributed by atoms with Gasteiger partial charge in [-0.15, -0.1) is 0 Å². The second-order valence-corrected chi connectivity index (χ2v) is 9.77. The zero-order valence-corrected chi connectivity index (χ0v) is 19.7. The number of fused-ring (bicyclic) bond motifs is 1. The molecule has 10 nitrogen and oxygen atoms in total. The van der Waals surface area contributed by atoms with Crippen molar-refractivity contribution in [3.8, 4) is 40.6 Å². The first-order valence-corrected chi connectivity index (χ1v) is 12.5. The smallest absolute Gasteiger partial charge is 0.195 e. The molecule has 36 heavy (non-hydrogen) atoms. The summed E-state index contributed by atoms with van der Waals surface area (Å²) in [6, 6.07) is 15.2. The quantitative estimate of drug-likeness (QED) is 0.338. The number of nitriles is 1. The number of benzene rings is 2. The van der Waals surface area contributed by atoms with Crippen molar-refractivity contribution in [2.24, 2.45) is 0 Å². The van der Waals surface area contributed by atoms with Gasteiger partial charge in [-0.05, 0) is 24.3 Å². The molecule has 0 fully saturated rings. The number of para-hydroxylation sites is 1. The van der Waals surface area contributed by atoms with Crippen LogP contribution in [0.5, 0.6) is 23.0 Å². The number of nitrogens with one attached hydrogen (secondary N) is 1. The van der Waals surface area contributed by atoms with Crippen LogP contribution in [0.1, 0.15) is 12.5 Å². The van der Waals surface area contributed by atoms with Gasteiger partial charge >= 0.3 is 0 Å². The van der Waals surface area contributed by atoms with E-state index in [9.17, 15) is 13.7 Å². The van der Waals surface area contributed by atoms with E-state index in [0.29, 0.717) is 51.1 Å². The van der Waals surface area contributed by atoms with Gasteiger partial charge in [0.1, 0.15) is 34.5 Å². The monoisotopic (exact) mass is 498 g/mol. The van der Waals surface area contributed by atoms with E-state index in [1.807, 2.05) is 0 Å². The van der Waals surface area contributed by atoms with Crippen molar-refractivity contribution in [1.82, 2.24) is 24.9 Å². The molecule has 2 aromatic carbocycles. The number of aromatic amines is 1. The maximum atomic E-state index is 12.0. The molecule has 0 atom stereocenters. The normalized spacial score (nSPS) is 11.2. The Morgan fingerprint density at radius 2 is 1.83 bits per heavy atom. The molecule has 0 amide bonds. The Morgan fingerprint density at radius 1 is 0.972 bits per heavy atom. The fourth-order valence-corrected chi connectivity index (χ4v) is 4.19. The molecule has 3 heterocycles. The minimum atomic E-state index is -3.43. The molecule has 3 aromatic heterocycles. The number of nitrogens with zero attached hydrogens (tertiary/aromatic N) is 5. The lowest BCUT2D eigenvalue weighted by molar-refractivity contribution is 0.461. The zero-order chi connectivity index (χ0) is 25.1. The predicted octanol–water partition coefficient (Wildman–Crippen LogP) is 4.66. The fraction of sp³-hybridized carbons (Fsp3) is 0.0800. The fourth-order valence-electron chi connectivity index (χ4n) is 3.40. The van der Waals surface area contributed by atoms with Gasteiger partial charge in [-0.3, -0.25) is 4.98 Å². The van der Waals surface area contributed by atoms with Crippen molar-refractivity contribution in [3.63, 3.8) is 0 Å². The molecule has 0 bridgehead atoms. The maximum absolute atomic E-state index is 12.0. The average molecular weight is 499 g/mol. The summed E-state index contributed by atoms with van der Waals surface area (Å²) in [5.41, 5.74) is 1.99. The van der Waals surface area contributed by atoms with Gasteiger partial charge in [0.05, 0.1) is 29.2 Å². The highest BCUT2D eigenvalue weighted by Crippen LogP contribution is 2.37. The van der Waals surface area contributed by atoms with Gasteiger partial charge in [0.2, 0.25) is 0 Å². The summed E-state index contributed by atoms with van der Waals surface area (Å²) >= 11 is 0. The molecule has 0 aliphatic rings. The molecule has 0 radical (unpaired) electrons. The summed E-state index contributed by atoms with van der Waals surface area (Å²) in [5.74, 6) is 1.85. The van der Waals surface area contributed by atoms with Gasteiger partial charge in [0.25, 0.3) is 0 Å². The third-order valence-corrected chi connectivity index (χ3v) is 6.84. The number of ether oxygens (including phenoxy) is 2. The Labute approximate surface area is 206 Å². The summed E-state index contributed by atoms with van der Waals surface area (Å²) in [5, 5.41) is 9.45. The zero-order valence-electron chi connectivity index (χ0n) is 18.9. The van der Waals surface area contributed by atoms with E-state index >= 15 is 0 Å². The largest absolute Gasteiger partial charge is 0.456 e. The molecule has 0 unspecified atom stereocenters. The number of sulfone groups is 1. The Morgan fingerprint density at radius 3 is 2.56 bits per heavy atom. The molecule has 0 saturated heterocycles. The van der Waals surface area contributed by atoms with E-state index in [1.54, 1.807) is 61.9 Å². The molecule has 0 spiro atoms. The summed E-state index contributed by atoms with van der Waals surface area (Å²) in [4.78, 5) is 20.2. The van der Waals surface area contributed by atoms with E-state index in [4.69, 9.17) is 9.47 Å². The molecule has 0 aliphatic carbocycles. The first-order chi connectivity index (χ1) is 17.5. The number of aromatic nitrogens is 5. The van der Waals surface area contributed by atoms with Crippen LogP contribution in [0.3, 0.4) is 0 Å². The molecule has 0 aliphatic heterocycles. The summed E-state index contributed by atoms with van der Waals surface area (Å²) in [6.07, 6.45) is 6.05. The van der Waals surface area contributed by atoms with E-state index in [0.717, 1.165) is 0 Å². The van der Waals surface area contributed by atoms with Crippen molar-refractivity contribution in [2.45, 2.75) is 11.9 Å². The first kappa shape index (κ1) is 22.9. The van der Waals surface area contributed by atoms with Gasteiger partial charge in [-0.1, -0.05) is 19.1 Å². The van der Waals surface area contributed by atoms with Crippen LogP contribution in [0.4, 0.5) is 0 Å². The molecule has 5 aromatic rings. The van der Waals surface area contributed by atoms with Crippen molar-refractivity contribution in [3.05, 3.63) is 78.9 Å². The molecule has 11 heteroatoms. The Balaban J connectivity index is 1.57. The van der Waals surface area contributed by atoms with Crippen LogP contribution >= 0.6 is 0 Å². The molecular formula is C25H18N6O4S. The van der Waals surface area contributed by atoms with Crippen LogP contribution in [-0.4, -0.2) is 39.1 Å². The van der Waals surface area contributed by atoms with Crippen LogP contribution in [0.15, 0.2) is 78.3 Å².